The highest BCUT2D eigenvalue weighted by molar-refractivity contribution is 8.18. The van der Waals surface area contributed by atoms with Gasteiger partial charge in [0.2, 0.25) is 6.79 Å². The molecule has 1 saturated heterocycles. The lowest BCUT2D eigenvalue weighted by Crippen LogP contribution is -2.23. The van der Waals surface area contributed by atoms with E-state index in [2.05, 4.69) is 9.98 Å². The number of carbonyl (C=O) groups is 1. The fourth-order valence-electron chi connectivity index (χ4n) is 2.49. The number of fused-ring (bicyclic) bond motifs is 1. The molecule has 3 heterocycles. The third-order valence-corrected chi connectivity index (χ3v) is 4.84. The molecule has 126 valence electrons. The van der Waals surface area contributed by atoms with Crippen molar-refractivity contribution in [2.24, 2.45) is 4.99 Å². The normalized spacial score (nSPS) is 19.3. The molecule has 2 aliphatic rings. The largest absolute Gasteiger partial charge is 0.454 e. The van der Waals surface area contributed by atoms with Gasteiger partial charge < -0.3 is 9.47 Å². The molecule has 0 spiro atoms. The monoisotopic (exact) mass is 353 g/mol. The smallest absolute Gasteiger partial charge is 0.266 e. The SMILES string of the molecule is Cc1cccc(/N=C2/S/C(=C\c3ccc4c(c3)OCO4)C(=O)N2C)n1. The van der Waals surface area contributed by atoms with Crippen LogP contribution in [-0.4, -0.2) is 34.8 Å². The molecule has 6 nitrogen and oxygen atoms in total. The van der Waals surface area contributed by atoms with E-state index in [0.717, 1.165) is 17.0 Å². The molecule has 1 fully saturated rings. The molecule has 2 aliphatic heterocycles. The summed E-state index contributed by atoms with van der Waals surface area (Å²) in [7, 11) is 1.71. The quantitative estimate of drug-likeness (QED) is 0.775. The highest BCUT2D eigenvalue weighted by Gasteiger charge is 2.30. The summed E-state index contributed by atoms with van der Waals surface area (Å²) < 4.78 is 10.7. The summed E-state index contributed by atoms with van der Waals surface area (Å²) in [6.07, 6.45) is 1.83. The molecule has 0 atom stereocenters. The second-order valence-electron chi connectivity index (χ2n) is 5.62. The number of pyridine rings is 1. The average Bonchev–Trinajstić information content (AvgIpc) is 3.15. The molecular weight excluding hydrogens is 338 g/mol. The van der Waals surface area contributed by atoms with E-state index in [4.69, 9.17) is 9.47 Å². The molecule has 0 saturated carbocycles. The first-order valence-electron chi connectivity index (χ1n) is 7.70. The Hall–Kier alpha value is -2.80. The third-order valence-electron chi connectivity index (χ3n) is 3.78. The van der Waals surface area contributed by atoms with Gasteiger partial charge in [-0.15, -0.1) is 0 Å². The van der Waals surface area contributed by atoms with Crippen molar-refractivity contribution in [1.29, 1.82) is 0 Å². The molecule has 0 bridgehead atoms. The summed E-state index contributed by atoms with van der Waals surface area (Å²) >= 11 is 1.33. The number of amidine groups is 1. The van der Waals surface area contributed by atoms with Crippen molar-refractivity contribution < 1.29 is 14.3 Å². The van der Waals surface area contributed by atoms with Crippen molar-refractivity contribution in [3.8, 4) is 11.5 Å². The zero-order chi connectivity index (χ0) is 17.4. The number of hydrogen-bond donors (Lipinski definition) is 0. The molecule has 7 heteroatoms. The van der Waals surface area contributed by atoms with Gasteiger partial charge in [0, 0.05) is 12.7 Å². The van der Waals surface area contributed by atoms with Crippen molar-refractivity contribution in [3.05, 3.63) is 52.6 Å². The van der Waals surface area contributed by atoms with Gasteiger partial charge in [0.15, 0.2) is 22.5 Å². The van der Waals surface area contributed by atoms with Crippen LogP contribution in [-0.2, 0) is 4.79 Å². The van der Waals surface area contributed by atoms with Crippen molar-refractivity contribution in [3.63, 3.8) is 0 Å². The molecule has 0 N–H and O–H groups in total. The Morgan fingerprint density at radius 3 is 2.92 bits per heavy atom. The molecule has 0 aliphatic carbocycles. The van der Waals surface area contributed by atoms with Crippen molar-refractivity contribution in [1.82, 2.24) is 9.88 Å². The van der Waals surface area contributed by atoms with Crippen LogP contribution in [0.5, 0.6) is 11.5 Å². The van der Waals surface area contributed by atoms with Gasteiger partial charge in [0.1, 0.15) is 0 Å². The van der Waals surface area contributed by atoms with Gasteiger partial charge in [-0.3, -0.25) is 9.69 Å². The molecule has 1 aromatic carbocycles. The first kappa shape index (κ1) is 15.7. The standard InChI is InChI=1S/C18H15N3O3S/c1-11-4-3-5-16(19-11)20-18-21(2)17(22)15(25-18)9-12-6-7-13-14(8-12)24-10-23-13/h3-9H,10H2,1-2H3/b15-9-,20-18+. The molecular formula is C18H15N3O3S. The van der Waals surface area contributed by atoms with Gasteiger partial charge in [-0.05, 0) is 54.6 Å². The highest BCUT2D eigenvalue weighted by Crippen LogP contribution is 2.36. The number of likely N-dealkylation sites (N-methyl/N-ethyl adjacent to an activating group) is 1. The van der Waals surface area contributed by atoms with Crippen LogP contribution >= 0.6 is 11.8 Å². The average molecular weight is 353 g/mol. The summed E-state index contributed by atoms with van der Waals surface area (Å²) in [6.45, 7) is 2.14. The van der Waals surface area contributed by atoms with Crippen LogP contribution in [0.1, 0.15) is 11.3 Å². The minimum Gasteiger partial charge on any atom is -0.454 e. The lowest BCUT2D eigenvalue weighted by atomic mass is 10.2. The van der Waals surface area contributed by atoms with Crippen LogP contribution in [0, 0.1) is 6.92 Å². The van der Waals surface area contributed by atoms with Gasteiger partial charge in [-0.25, -0.2) is 9.98 Å². The summed E-state index contributed by atoms with van der Waals surface area (Å²) in [5, 5.41) is 0.607. The second kappa shape index (κ2) is 6.25. The van der Waals surface area contributed by atoms with Crippen LogP contribution < -0.4 is 9.47 Å². The van der Waals surface area contributed by atoms with E-state index < -0.39 is 0 Å². The first-order valence-corrected chi connectivity index (χ1v) is 8.51. The van der Waals surface area contributed by atoms with E-state index in [0.29, 0.717) is 21.6 Å². The Morgan fingerprint density at radius 2 is 2.08 bits per heavy atom. The lowest BCUT2D eigenvalue weighted by molar-refractivity contribution is -0.121. The Balaban J connectivity index is 1.62. The van der Waals surface area contributed by atoms with E-state index >= 15 is 0 Å². The number of aliphatic imine (C=N–C) groups is 1. The van der Waals surface area contributed by atoms with E-state index in [1.165, 1.54) is 16.7 Å². The predicted molar refractivity (Wildman–Crippen MR) is 97.0 cm³/mol. The number of aromatic nitrogens is 1. The molecule has 1 amide bonds. The van der Waals surface area contributed by atoms with E-state index in [9.17, 15) is 4.79 Å². The van der Waals surface area contributed by atoms with Gasteiger partial charge in [0.05, 0.1) is 4.91 Å². The fraction of sp³-hybridized carbons (Fsp3) is 0.167. The number of rotatable bonds is 2. The zero-order valence-electron chi connectivity index (χ0n) is 13.7. The lowest BCUT2D eigenvalue weighted by Gasteiger charge is -2.06. The highest BCUT2D eigenvalue weighted by atomic mass is 32.2. The maximum absolute atomic E-state index is 12.5. The number of aryl methyl sites for hydroxylation is 1. The van der Waals surface area contributed by atoms with E-state index in [1.54, 1.807) is 7.05 Å². The van der Waals surface area contributed by atoms with Crippen LogP contribution in [0.25, 0.3) is 6.08 Å². The van der Waals surface area contributed by atoms with Gasteiger partial charge in [-0.1, -0.05) is 12.1 Å². The van der Waals surface area contributed by atoms with Crippen molar-refractivity contribution in [2.75, 3.05) is 13.8 Å². The Labute approximate surface area is 149 Å². The molecule has 0 radical (unpaired) electrons. The topological polar surface area (TPSA) is 64.0 Å². The molecule has 2 aromatic rings. The van der Waals surface area contributed by atoms with Crippen LogP contribution in [0.3, 0.4) is 0 Å². The van der Waals surface area contributed by atoms with Crippen LogP contribution in [0.2, 0.25) is 0 Å². The van der Waals surface area contributed by atoms with E-state index in [-0.39, 0.29) is 12.7 Å². The summed E-state index contributed by atoms with van der Waals surface area (Å²) in [5.74, 6) is 1.91. The molecule has 1 aromatic heterocycles. The molecule has 0 unspecified atom stereocenters. The summed E-state index contributed by atoms with van der Waals surface area (Å²) in [6, 6.07) is 11.2. The Kier molecular flexibility index (Phi) is 3.93. The van der Waals surface area contributed by atoms with Crippen molar-refractivity contribution in [2.45, 2.75) is 6.92 Å². The number of amides is 1. The summed E-state index contributed by atoms with van der Waals surface area (Å²) in [4.78, 5) is 23.5. The fourth-order valence-corrected chi connectivity index (χ4v) is 3.47. The zero-order valence-corrected chi connectivity index (χ0v) is 14.5. The molecule has 25 heavy (non-hydrogen) atoms. The second-order valence-corrected chi connectivity index (χ2v) is 6.63. The van der Waals surface area contributed by atoms with Crippen molar-refractivity contribution >= 4 is 34.7 Å². The van der Waals surface area contributed by atoms with Gasteiger partial charge in [0.25, 0.3) is 5.91 Å². The maximum atomic E-state index is 12.5. The van der Waals surface area contributed by atoms with E-state index in [1.807, 2.05) is 49.4 Å². The van der Waals surface area contributed by atoms with Gasteiger partial charge in [-0.2, -0.15) is 0 Å². The number of nitrogens with zero attached hydrogens (tertiary/aromatic N) is 3. The third kappa shape index (κ3) is 3.10. The first-order chi connectivity index (χ1) is 12.1. The number of carbonyl (C=O) groups excluding carboxylic acids is 1. The maximum Gasteiger partial charge on any atom is 0.266 e. The minimum absolute atomic E-state index is 0.0888. The Morgan fingerprint density at radius 1 is 1.24 bits per heavy atom. The van der Waals surface area contributed by atoms with Gasteiger partial charge >= 0.3 is 0 Å². The number of ether oxygens (including phenoxy) is 2. The number of thioether (sulfide) groups is 1. The minimum atomic E-state index is -0.0888. The predicted octanol–water partition coefficient (Wildman–Crippen LogP) is 3.35. The van der Waals surface area contributed by atoms with Crippen LogP contribution in [0.15, 0.2) is 46.3 Å². The number of hydrogen-bond acceptors (Lipinski definition) is 6. The molecule has 4 rings (SSSR count). The summed E-state index contributed by atoms with van der Waals surface area (Å²) in [5.41, 5.74) is 1.76. The number of benzene rings is 1. The Bertz CT molecular complexity index is 924. The van der Waals surface area contributed by atoms with Crippen LogP contribution in [0.4, 0.5) is 5.82 Å².